The van der Waals surface area contributed by atoms with E-state index in [2.05, 4.69) is 54.7 Å². The molecule has 0 aliphatic carbocycles. The second-order valence-corrected chi connectivity index (χ2v) is 4.21. The van der Waals surface area contributed by atoms with Crippen molar-refractivity contribution in [1.29, 1.82) is 0 Å². The van der Waals surface area contributed by atoms with Gasteiger partial charge >= 0.3 is 0 Å². The normalized spacial score (nSPS) is 9.79. The van der Waals surface area contributed by atoms with Crippen LogP contribution in [0.3, 0.4) is 0 Å². The lowest BCUT2D eigenvalue weighted by atomic mass is 10.1. The lowest BCUT2D eigenvalue weighted by Crippen LogP contribution is -1.88. The maximum Gasteiger partial charge on any atom is 0.103 e. The Morgan fingerprint density at radius 1 is 0.947 bits per heavy atom. The Kier molecular flexibility index (Phi) is 4.62. The number of nitrogens with one attached hydrogen (secondary N) is 1. The molecule has 1 aromatic heterocycles. The first-order valence-electron chi connectivity index (χ1n) is 6.53. The molecule has 0 aliphatic heterocycles. The van der Waals surface area contributed by atoms with Crippen molar-refractivity contribution >= 4 is 16.5 Å². The van der Waals surface area contributed by atoms with Crippen molar-refractivity contribution in [1.82, 2.24) is 0 Å². The van der Waals surface area contributed by atoms with Crippen LogP contribution in [-0.4, -0.2) is 7.05 Å². The largest absolute Gasteiger partial charge is 0.469 e. The highest BCUT2D eigenvalue weighted by Gasteiger charge is 1.95. The molecule has 3 rings (SSSR count). The van der Waals surface area contributed by atoms with Gasteiger partial charge in [-0.05, 0) is 23.6 Å². The number of hydrogen-bond donors (Lipinski definition) is 1. The van der Waals surface area contributed by atoms with Crippen molar-refractivity contribution in [2.45, 2.75) is 13.3 Å². The van der Waals surface area contributed by atoms with Crippen molar-refractivity contribution < 1.29 is 4.42 Å². The van der Waals surface area contributed by atoms with Gasteiger partial charge < -0.3 is 9.73 Å². The highest BCUT2D eigenvalue weighted by Crippen LogP contribution is 2.21. The van der Waals surface area contributed by atoms with Crippen molar-refractivity contribution in [2.75, 3.05) is 12.4 Å². The van der Waals surface area contributed by atoms with E-state index in [4.69, 9.17) is 4.42 Å². The Morgan fingerprint density at radius 3 is 2.37 bits per heavy atom. The fourth-order valence-corrected chi connectivity index (χ4v) is 1.96. The highest BCUT2D eigenvalue weighted by molar-refractivity contribution is 5.93. The maximum absolute atomic E-state index is 4.98. The molecule has 2 nitrogen and oxygen atoms in total. The van der Waals surface area contributed by atoms with Crippen molar-refractivity contribution in [3.63, 3.8) is 0 Å². The van der Waals surface area contributed by atoms with E-state index in [1.807, 2.05) is 19.2 Å². The van der Waals surface area contributed by atoms with Crippen molar-refractivity contribution in [3.05, 3.63) is 66.6 Å². The Labute approximate surface area is 114 Å². The molecule has 0 saturated heterocycles. The number of benzene rings is 2. The molecule has 19 heavy (non-hydrogen) atoms. The van der Waals surface area contributed by atoms with Gasteiger partial charge in [0.15, 0.2) is 0 Å². The first kappa shape index (κ1) is 13.2. The molecule has 0 fully saturated rings. The van der Waals surface area contributed by atoms with Crippen LogP contribution in [0.4, 0.5) is 5.69 Å². The summed E-state index contributed by atoms with van der Waals surface area (Å²) in [5.74, 6) is 1.06. The van der Waals surface area contributed by atoms with Gasteiger partial charge in [0.2, 0.25) is 0 Å². The smallest absolute Gasteiger partial charge is 0.103 e. The topological polar surface area (TPSA) is 25.2 Å². The number of anilines is 1. The van der Waals surface area contributed by atoms with Crippen LogP contribution in [-0.2, 0) is 6.42 Å². The summed E-state index contributed by atoms with van der Waals surface area (Å²) in [6.07, 6.45) is 2.69. The molecule has 3 aromatic rings. The summed E-state index contributed by atoms with van der Waals surface area (Å²) >= 11 is 0. The molecule has 0 bridgehead atoms. The second-order valence-electron chi connectivity index (χ2n) is 4.21. The van der Waals surface area contributed by atoms with E-state index in [1.54, 1.807) is 6.26 Å². The summed E-state index contributed by atoms with van der Waals surface area (Å²) in [4.78, 5) is 0. The summed E-state index contributed by atoms with van der Waals surface area (Å²) < 4.78 is 4.98. The number of furan rings is 1. The minimum Gasteiger partial charge on any atom is -0.469 e. The van der Waals surface area contributed by atoms with Crippen molar-refractivity contribution in [2.24, 2.45) is 0 Å². The minimum atomic E-state index is 0.993. The van der Waals surface area contributed by atoms with Crippen LogP contribution in [0.15, 0.2) is 65.3 Å². The van der Waals surface area contributed by atoms with Crippen LogP contribution in [0, 0.1) is 0 Å². The monoisotopic (exact) mass is 253 g/mol. The van der Waals surface area contributed by atoms with Gasteiger partial charge in [0.25, 0.3) is 0 Å². The molecular weight excluding hydrogens is 234 g/mol. The minimum absolute atomic E-state index is 0.993. The van der Waals surface area contributed by atoms with E-state index < -0.39 is 0 Å². The third-order valence-corrected chi connectivity index (χ3v) is 2.99. The second kappa shape index (κ2) is 6.64. The molecule has 0 spiro atoms. The fourth-order valence-electron chi connectivity index (χ4n) is 1.96. The number of hydrogen-bond acceptors (Lipinski definition) is 2. The van der Waals surface area contributed by atoms with Gasteiger partial charge in [-0.25, -0.2) is 0 Å². The van der Waals surface area contributed by atoms with Gasteiger partial charge in [-0.15, -0.1) is 0 Å². The average Bonchev–Trinajstić information content (AvgIpc) is 3.01. The Morgan fingerprint density at radius 2 is 1.74 bits per heavy atom. The predicted octanol–water partition coefficient (Wildman–Crippen LogP) is 4.72. The predicted molar refractivity (Wildman–Crippen MR) is 81.6 cm³/mol. The molecule has 2 aromatic carbocycles. The number of aryl methyl sites for hydroxylation is 1. The van der Waals surface area contributed by atoms with E-state index in [1.165, 1.54) is 16.5 Å². The lowest BCUT2D eigenvalue weighted by Gasteiger charge is -2.04. The molecule has 0 radical (unpaired) electrons. The third-order valence-electron chi connectivity index (χ3n) is 2.99. The molecule has 98 valence electrons. The van der Waals surface area contributed by atoms with Crippen LogP contribution in [0.1, 0.15) is 12.7 Å². The Balaban J connectivity index is 0.000000163. The van der Waals surface area contributed by atoms with Gasteiger partial charge in [-0.2, -0.15) is 0 Å². The van der Waals surface area contributed by atoms with Crippen LogP contribution in [0.2, 0.25) is 0 Å². The maximum atomic E-state index is 4.98. The molecule has 0 saturated carbocycles. The molecule has 0 aliphatic rings. The first-order chi connectivity index (χ1) is 9.35. The van der Waals surface area contributed by atoms with Gasteiger partial charge in [0, 0.05) is 24.5 Å². The molecule has 0 atom stereocenters. The van der Waals surface area contributed by atoms with Crippen LogP contribution < -0.4 is 5.32 Å². The summed E-state index contributed by atoms with van der Waals surface area (Å²) in [6.45, 7) is 2.07. The zero-order chi connectivity index (χ0) is 13.5. The summed E-state index contributed by atoms with van der Waals surface area (Å²) in [7, 11) is 1.95. The zero-order valence-corrected chi connectivity index (χ0v) is 11.4. The Hall–Kier alpha value is -2.22. The standard InChI is InChI=1S/C11H11N.C6H8O/c1-12-11-8-4-6-9-5-2-3-7-10(9)11;1-2-6-4-3-5-7-6/h2-8,12H,1H3;3-5H,2H2,1H3. The van der Waals surface area contributed by atoms with E-state index in [9.17, 15) is 0 Å². The summed E-state index contributed by atoms with van der Waals surface area (Å²) in [5, 5.41) is 5.73. The molecule has 2 heteroatoms. The molecule has 0 unspecified atom stereocenters. The van der Waals surface area contributed by atoms with Crippen LogP contribution in [0.5, 0.6) is 0 Å². The van der Waals surface area contributed by atoms with E-state index in [-0.39, 0.29) is 0 Å². The van der Waals surface area contributed by atoms with Gasteiger partial charge in [0.1, 0.15) is 5.76 Å². The van der Waals surface area contributed by atoms with Gasteiger partial charge in [-0.1, -0.05) is 43.3 Å². The molecule has 0 amide bonds. The highest BCUT2D eigenvalue weighted by atomic mass is 16.3. The van der Waals surface area contributed by atoms with Crippen molar-refractivity contribution in [3.8, 4) is 0 Å². The zero-order valence-electron chi connectivity index (χ0n) is 11.4. The summed E-state index contributed by atoms with van der Waals surface area (Å²) in [6, 6.07) is 18.5. The third kappa shape index (κ3) is 3.38. The first-order valence-corrected chi connectivity index (χ1v) is 6.53. The SMILES string of the molecule is CCc1ccco1.CNc1cccc2ccccc12. The lowest BCUT2D eigenvalue weighted by molar-refractivity contribution is 0.516. The fraction of sp³-hybridized carbons (Fsp3) is 0.176. The average molecular weight is 253 g/mol. The number of fused-ring (bicyclic) bond motifs is 1. The van der Waals surface area contributed by atoms with E-state index in [0.717, 1.165) is 12.2 Å². The van der Waals surface area contributed by atoms with Gasteiger partial charge in [0.05, 0.1) is 6.26 Å². The van der Waals surface area contributed by atoms with E-state index in [0.29, 0.717) is 0 Å². The van der Waals surface area contributed by atoms with Crippen LogP contribution >= 0.6 is 0 Å². The Bertz CT molecular complexity index is 609. The quantitative estimate of drug-likeness (QED) is 0.714. The summed E-state index contributed by atoms with van der Waals surface area (Å²) in [5.41, 5.74) is 1.19. The van der Waals surface area contributed by atoms with E-state index >= 15 is 0 Å². The molecule has 1 heterocycles. The number of rotatable bonds is 2. The molecule has 1 N–H and O–H groups in total. The van der Waals surface area contributed by atoms with Crippen LogP contribution in [0.25, 0.3) is 10.8 Å². The molecular formula is C17H19NO. The van der Waals surface area contributed by atoms with Gasteiger partial charge in [-0.3, -0.25) is 0 Å².